The highest BCUT2D eigenvalue weighted by Crippen LogP contribution is 2.48. The lowest BCUT2D eigenvalue weighted by Crippen LogP contribution is -2.73. The molecule has 0 spiro atoms. The third-order valence-electron chi connectivity index (χ3n) is 13.2. The highest BCUT2D eigenvalue weighted by molar-refractivity contribution is 7.23. The van der Waals surface area contributed by atoms with Gasteiger partial charge in [-0.1, -0.05) is 161 Å². The maximum atomic E-state index is 6.97. The Hall–Kier alpha value is -5.96. The third kappa shape index (κ3) is 4.80. The van der Waals surface area contributed by atoms with Gasteiger partial charge in [0.25, 0.3) is 0 Å². The maximum Gasteiger partial charge on any atom is 0.181 e. The van der Waals surface area contributed by atoms with Gasteiger partial charge in [0.2, 0.25) is 0 Å². The van der Waals surface area contributed by atoms with Crippen LogP contribution in [-0.2, 0) is 5.41 Å². The average Bonchev–Trinajstić information content (AvgIpc) is 3.73. The quantitative estimate of drug-likeness (QED) is 0.129. The van der Waals surface area contributed by atoms with Crippen LogP contribution in [0.1, 0.15) is 62.8 Å². The molecule has 2 heterocycles. The standard InChI is InChI=1S/C55H46OSi/c1-32(2)35-16-18-36(19-17-35)43-30-48-51-37(28-46-44-29-38(55(5,6)7)21-27-49(44)56-53(46)48)20-26-42-52(51)45(43)31-47-41-10-8-9-11-50(41)57(54(42)47,39-22-12-33(3)13-23-39)40-24-14-34(4)15-25-40/h8-32H,1-7H3. The number of hydrogen-bond acceptors (Lipinski definition) is 1. The van der Waals surface area contributed by atoms with Gasteiger partial charge >= 0.3 is 0 Å². The van der Waals surface area contributed by atoms with Gasteiger partial charge in [-0.2, -0.15) is 0 Å². The number of hydrogen-bond donors (Lipinski definition) is 0. The van der Waals surface area contributed by atoms with Gasteiger partial charge in [0, 0.05) is 21.5 Å². The van der Waals surface area contributed by atoms with Crippen molar-refractivity contribution in [3.63, 3.8) is 0 Å². The van der Waals surface area contributed by atoms with Gasteiger partial charge in [0.05, 0.1) is 0 Å². The van der Waals surface area contributed by atoms with Gasteiger partial charge in [-0.3, -0.25) is 0 Å². The lowest BCUT2D eigenvalue weighted by molar-refractivity contribution is 0.590. The SMILES string of the molecule is Cc1ccc([Si]2(c3ccc(C)cc3)c3ccccc3-c3cc4c(-c5ccc(C(C)C)cc5)cc5c6oc7ccc(C(C)(C)C)cc7c6cc6ccc(c32)c4c65)cc1. The van der Waals surface area contributed by atoms with Gasteiger partial charge in [-0.05, 0) is 131 Å². The normalized spacial score (nSPS) is 13.8. The summed E-state index contributed by atoms with van der Waals surface area (Å²) < 4.78 is 6.97. The molecule has 9 aromatic carbocycles. The summed E-state index contributed by atoms with van der Waals surface area (Å²) in [6.45, 7) is 15.8. The van der Waals surface area contributed by atoms with Crippen LogP contribution in [0, 0.1) is 13.8 Å². The van der Waals surface area contributed by atoms with Crippen molar-refractivity contribution in [2.45, 2.75) is 59.8 Å². The van der Waals surface area contributed by atoms with E-state index < -0.39 is 8.07 Å². The summed E-state index contributed by atoms with van der Waals surface area (Å²) in [5, 5.41) is 15.9. The van der Waals surface area contributed by atoms with Gasteiger partial charge in [-0.15, -0.1) is 0 Å². The van der Waals surface area contributed by atoms with Crippen molar-refractivity contribution in [3.05, 3.63) is 168 Å². The first kappa shape index (κ1) is 34.3. The lowest BCUT2D eigenvalue weighted by Gasteiger charge is -2.33. The molecule has 276 valence electrons. The number of benzene rings is 9. The summed E-state index contributed by atoms with van der Waals surface area (Å²) in [4.78, 5) is 0. The Balaban J connectivity index is 1.34. The van der Waals surface area contributed by atoms with Crippen LogP contribution in [0.25, 0.3) is 76.5 Å². The topological polar surface area (TPSA) is 13.1 Å². The molecule has 0 unspecified atom stereocenters. The van der Waals surface area contributed by atoms with Gasteiger partial charge in [0.15, 0.2) is 8.07 Å². The van der Waals surface area contributed by atoms with Gasteiger partial charge in [-0.25, -0.2) is 0 Å². The minimum absolute atomic E-state index is 0.0342. The van der Waals surface area contributed by atoms with Crippen molar-refractivity contribution in [2.24, 2.45) is 0 Å². The van der Waals surface area contributed by atoms with Crippen molar-refractivity contribution in [3.8, 4) is 22.3 Å². The zero-order valence-electron chi connectivity index (χ0n) is 33.8. The third-order valence-corrected chi connectivity index (χ3v) is 18.1. The number of aryl methyl sites for hydroxylation is 2. The van der Waals surface area contributed by atoms with Crippen LogP contribution in [-0.4, -0.2) is 8.07 Å². The molecule has 1 aromatic heterocycles. The molecule has 2 heteroatoms. The fraction of sp³-hybridized carbons (Fsp3) is 0.164. The lowest BCUT2D eigenvalue weighted by atomic mass is 9.85. The van der Waals surface area contributed by atoms with Gasteiger partial charge < -0.3 is 4.42 Å². The minimum Gasteiger partial charge on any atom is -0.455 e. The molecule has 1 aliphatic rings. The van der Waals surface area contributed by atoms with Gasteiger partial charge in [0.1, 0.15) is 11.2 Å². The summed E-state index contributed by atoms with van der Waals surface area (Å²) in [5.74, 6) is 0.465. The highest BCUT2D eigenvalue weighted by atomic mass is 28.3. The van der Waals surface area contributed by atoms with Crippen LogP contribution in [0.5, 0.6) is 0 Å². The Morgan fingerprint density at radius 3 is 1.86 bits per heavy atom. The molecule has 0 saturated heterocycles. The summed E-state index contributed by atoms with van der Waals surface area (Å²) in [6, 6.07) is 56.7. The van der Waals surface area contributed by atoms with E-state index in [4.69, 9.17) is 4.42 Å². The Morgan fingerprint density at radius 1 is 0.526 bits per heavy atom. The molecular weight excluding hydrogens is 705 g/mol. The molecule has 1 aliphatic heterocycles. The molecule has 11 rings (SSSR count). The molecule has 1 nitrogen and oxygen atoms in total. The molecule has 0 amide bonds. The summed E-state index contributed by atoms with van der Waals surface area (Å²) in [7, 11) is -2.81. The first-order valence-electron chi connectivity index (χ1n) is 20.5. The zero-order chi connectivity index (χ0) is 39.0. The molecule has 10 aromatic rings. The van der Waals surface area contributed by atoms with Crippen molar-refractivity contribution < 1.29 is 4.42 Å². The van der Waals surface area contributed by atoms with Crippen LogP contribution >= 0.6 is 0 Å². The van der Waals surface area contributed by atoms with E-state index in [0.717, 1.165) is 11.2 Å². The van der Waals surface area contributed by atoms with E-state index in [9.17, 15) is 0 Å². The van der Waals surface area contributed by atoms with Crippen molar-refractivity contribution >= 4 is 83.1 Å². The fourth-order valence-electron chi connectivity index (χ4n) is 10.2. The molecular formula is C55H46OSi. The first-order valence-corrected chi connectivity index (χ1v) is 22.5. The average molecular weight is 751 g/mol. The Morgan fingerprint density at radius 2 is 1.19 bits per heavy atom. The van der Waals surface area contributed by atoms with E-state index in [1.165, 1.54) is 108 Å². The Bertz CT molecular complexity index is 3180. The second-order valence-electron chi connectivity index (χ2n) is 18.0. The van der Waals surface area contributed by atoms with E-state index in [1.54, 1.807) is 0 Å². The molecule has 0 N–H and O–H groups in total. The van der Waals surface area contributed by atoms with E-state index in [0.29, 0.717) is 5.92 Å². The zero-order valence-corrected chi connectivity index (χ0v) is 34.8. The molecule has 0 atom stereocenters. The fourth-order valence-corrected chi connectivity index (χ4v) is 15.5. The van der Waals surface area contributed by atoms with Crippen LogP contribution in [0.3, 0.4) is 0 Å². The molecule has 0 bridgehead atoms. The summed E-state index contributed by atoms with van der Waals surface area (Å²) in [6.07, 6.45) is 0. The van der Waals surface area contributed by atoms with E-state index >= 15 is 0 Å². The van der Waals surface area contributed by atoms with Crippen LogP contribution < -0.4 is 20.7 Å². The molecule has 0 aliphatic carbocycles. The number of rotatable bonds is 4. The largest absolute Gasteiger partial charge is 0.455 e. The Labute approximate surface area is 336 Å². The second-order valence-corrected chi connectivity index (χ2v) is 21.7. The highest BCUT2D eigenvalue weighted by Gasteiger charge is 2.50. The summed E-state index contributed by atoms with van der Waals surface area (Å²) >= 11 is 0. The molecule has 0 radical (unpaired) electrons. The molecule has 0 saturated carbocycles. The van der Waals surface area contributed by atoms with Crippen molar-refractivity contribution in [1.82, 2.24) is 0 Å². The van der Waals surface area contributed by atoms with Crippen LogP contribution in [0.15, 0.2) is 150 Å². The second kappa shape index (κ2) is 12.0. The monoisotopic (exact) mass is 750 g/mol. The Kier molecular flexibility index (Phi) is 7.23. The number of fused-ring (bicyclic) bond motifs is 8. The van der Waals surface area contributed by atoms with Crippen molar-refractivity contribution in [1.29, 1.82) is 0 Å². The van der Waals surface area contributed by atoms with Crippen LogP contribution in [0.4, 0.5) is 0 Å². The van der Waals surface area contributed by atoms with E-state index in [1.807, 2.05) is 0 Å². The van der Waals surface area contributed by atoms with E-state index in [2.05, 4.69) is 194 Å². The minimum atomic E-state index is -2.81. The predicted molar refractivity (Wildman–Crippen MR) is 248 cm³/mol. The first-order chi connectivity index (χ1) is 27.5. The molecule has 57 heavy (non-hydrogen) atoms. The van der Waals surface area contributed by atoms with Crippen molar-refractivity contribution in [2.75, 3.05) is 0 Å². The maximum absolute atomic E-state index is 6.97. The van der Waals surface area contributed by atoms with E-state index in [-0.39, 0.29) is 5.41 Å². The smallest absolute Gasteiger partial charge is 0.181 e. The molecule has 0 fully saturated rings. The summed E-state index contributed by atoms with van der Waals surface area (Å²) in [5.41, 5.74) is 12.4. The number of furan rings is 1. The van der Waals surface area contributed by atoms with Crippen LogP contribution in [0.2, 0.25) is 0 Å². The predicted octanol–water partition coefficient (Wildman–Crippen LogP) is 12.5.